The summed E-state index contributed by atoms with van der Waals surface area (Å²) in [6.45, 7) is 7.08. The van der Waals surface area contributed by atoms with Crippen molar-refractivity contribution in [3.63, 3.8) is 0 Å². The minimum absolute atomic E-state index is 0.137. The van der Waals surface area contributed by atoms with Crippen LogP contribution in [0.25, 0.3) is 6.08 Å². The van der Waals surface area contributed by atoms with Gasteiger partial charge in [0.15, 0.2) is 16.7 Å². The molecule has 0 aromatic heterocycles. The van der Waals surface area contributed by atoms with E-state index in [9.17, 15) is 14.7 Å². The van der Waals surface area contributed by atoms with Crippen LogP contribution >= 0.6 is 27.7 Å². The highest BCUT2D eigenvalue weighted by molar-refractivity contribution is 9.10. The first-order valence-corrected chi connectivity index (χ1v) is 12.0. The Hall–Kier alpha value is -2.78. The molecule has 0 atom stereocenters. The van der Waals surface area contributed by atoms with Gasteiger partial charge < -0.3 is 14.6 Å². The molecule has 1 aliphatic heterocycles. The molecule has 0 radical (unpaired) electrons. The summed E-state index contributed by atoms with van der Waals surface area (Å²) < 4.78 is 12.4. The molecule has 1 heterocycles. The first kappa shape index (κ1) is 24.9. The van der Waals surface area contributed by atoms with Gasteiger partial charge in [0.25, 0.3) is 5.91 Å². The molecule has 7 nitrogen and oxygen atoms in total. The SMILES string of the molecule is CCOc1cc(/C=C2/SC(=Nc3cccc(C(=O)O)c3)N(C)C2=O)cc(Br)c1OCC(C)C. The summed E-state index contributed by atoms with van der Waals surface area (Å²) in [4.78, 5) is 30.4. The lowest BCUT2D eigenvalue weighted by Gasteiger charge is -2.16. The number of hydrogen-bond donors (Lipinski definition) is 1. The fourth-order valence-electron chi connectivity index (χ4n) is 2.95. The van der Waals surface area contributed by atoms with Gasteiger partial charge in [0.05, 0.1) is 33.8 Å². The van der Waals surface area contributed by atoms with Crippen molar-refractivity contribution in [2.45, 2.75) is 20.8 Å². The second-order valence-corrected chi connectivity index (χ2v) is 9.56. The van der Waals surface area contributed by atoms with Crippen molar-refractivity contribution >= 4 is 56.5 Å². The fourth-order valence-corrected chi connectivity index (χ4v) is 4.51. The number of hydrogen-bond acceptors (Lipinski definition) is 6. The number of aromatic carboxylic acids is 1. The minimum atomic E-state index is -1.03. The first-order chi connectivity index (χ1) is 15.7. The highest BCUT2D eigenvalue weighted by atomic mass is 79.9. The lowest BCUT2D eigenvalue weighted by Crippen LogP contribution is -2.23. The van der Waals surface area contributed by atoms with Crippen molar-refractivity contribution in [2.75, 3.05) is 20.3 Å². The molecule has 1 fully saturated rings. The van der Waals surface area contributed by atoms with Gasteiger partial charge in [-0.05, 0) is 82.5 Å². The normalized spacial score (nSPS) is 16.2. The third-order valence-corrected chi connectivity index (χ3v) is 6.16. The van der Waals surface area contributed by atoms with Gasteiger partial charge in [-0.2, -0.15) is 0 Å². The number of nitrogens with zero attached hydrogens (tertiary/aromatic N) is 2. The van der Waals surface area contributed by atoms with Crippen LogP contribution in [0.15, 0.2) is 50.8 Å². The molecule has 1 N–H and O–H groups in total. The molecule has 0 saturated carbocycles. The Kier molecular flexibility index (Phi) is 8.20. The van der Waals surface area contributed by atoms with E-state index in [0.717, 1.165) is 10.0 Å². The van der Waals surface area contributed by atoms with Crippen molar-refractivity contribution in [2.24, 2.45) is 10.9 Å². The number of ether oxygens (including phenoxy) is 2. The summed E-state index contributed by atoms with van der Waals surface area (Å²) in [7, 11) is 1.64. The molecule has 0 aliphatic carbocycles. The zero-order valence-electron chi connectivity index (χ0n) is 18.8. The predicted molar refractivity (Wildman–Crippen MR) is 134 cm³/mol. The number of thioether (sulfide) groups is 1. The Bertz CT molecular complexity index is 1130. The van der Waals surface area contributed by atoms with Crippen LogP contribution in [0.3, 0.4) is 0 Å². The predicted octanol–water partition coefficient (Wildman–Crippen LogP) is 5.81. The number of benzene rings is 2. The van der Waals surface area contributed by atoms with Gasteiger partial charge in [-0.25, -0.2) is 9.79 Å². The molecule has 174 valence electrons. The average molecular weight is 533 g/mol. The van der Waals surface area contributed by atoms with Crippen LogP contribution in [0.2, 0.25) is 0 Å². The van der Waals surface area contributed by atoms with Crippen LogP contribution in [-0.4, -0.2) is 47.3 Å². The number of halogens is 1. The van der Waals surface area contributed by atoms with Crippen LogP contribution in [0.1, 0.15) is 36.7 Å². The molecule has 2 aromatic carbocycles. The molecule has 0 bridgehead atoms. The number of carboxylic acids is 1. The van der Waals surface area contributed by atoms with Gasteiger partial charge in [-0.15, -0.1) is 0 Å². The van der Waals surface area contributed by atoms with Crippen LogP contribution in [0, 0.1) is 5.92 Å². The molecule has 1 saturated heterocycles. The molecule has 2 aromatic rings. The second kappa shape index (κ2) is 10.9. The number of rotatable bonds is 8. The maximum atomic E-state index is 12.8. The molecule has 3 rings (SSSR count). The summed E-state index contributed by atoms with van der Waals surface area (Å²) in [5, 5.41) is 9.65. The van der Waals surface area contributed by atoms with Crippen molar-refractivity contribution in [3.05, 3.63) is 56.9 Å². The summed E-state index contributed by atoms with van der Waals surface area (Å²) >= 11 is 4.79. The molecule has 1 aliphatic rings. The average Bonchev–Trinajstić information content (AvgIpc) is 3.01. The lowest BCUT2D eigenvalue weighted by atomic mass is 10.1. The van der Waals surface area contributed by atoms with Gasteiger partial charge in [-0.3, -0.25) is 9.69 Å². The van der Waals surface area contributed by atoms with Gasteiger partial charge in [0, 0.05) is 7.05 Å². The smallest absolute Gasteiger partial charge is 0.335 e. The third kappa shape index (κ3) is 6.17. The van der Waals surface area contributed by atoms with E-state index in [4.69, 9.17) is 9.47 Å². The number of amides is 1. The van der Waals surface area contributed by atoms with Crippen LogP contribution in [0.5, 0.6) is 11.5 Å². The number of amidine groups is 1. The Balaban J connectivity index is 1.91. The van der Waals surface area contributed by atoms with Gasteiger partial charge in [0.2, 0.25) is 0 Å². The monoisotopic (exact) mass is 532 g/mol. The Morgan fingerprint density at radius 2 is 2.03 bits per heavy atom. The Morgan fingerprint density at radius 3 is 2.70 bits per heavy atom. The van der Waals surface area contributed by atoms with Crippen molar-refractivity contribution in [1.82, 2.24) is 4.90 Å². The van der Waals surface area contributed by atoms with E-state index in [1.807, 2.05) is 19.1 Å². The van der Waals surface area contributed by atoms with E-state index in [-0.39, 0.29) is 11.5 Å². The molecule has 9 heteroatoms. The zero-order valence-corrected chi connectivity index (χ0v) is 21.2. The molecule has 0 unspecified atom stereocenters. The van der Waals surface area contributed by atoms with Crippen LogP contribution < -0.4 is 9.47 Å². The van der Waals surface area contributed by atoms with Gasteiger partial charge in [0.1, 0.15) is 0 Å². The number of carbonyl (C=O) groups excluding carboxylic acids is 1. The number of carbonyl (C=O) groups is 2. The summed E-state index contributed by atoms with van der Waals surface area (Å²) in [5.41, 5.74) is 1.38. The fraction of sp³-hybridized carbons (Fsp3) is 0.292. The van der Waals surface area contributed by atoms with E-state index >= 15 is 0 Å². The quantitative estimate of drug-likeness (QED) is 0.431. The van der Waals surface area contributed by atoms with E-state index in [1.54, 1.807) is 25.3 Å². The maximum Gasteiger partial charge on any atom is 0.335 e. The van der Waals surface area contributed by atoms with Crippen molar-refractivity contribution < 1.29 is 24.2 Å². The Labute approximate surface area is 205 Å². The lowest BCUT2D eigenvalue weighted by molar-refractivity contribution is -0.121. The number of carboxylic acid groups (broad SMARTS) is 1. The highest BCUT2D eigenvalue weighted by Gasteiger charge is 2.30. The summed E-state index contributed by atoms with van der Waals surface area (Å²) in [6, 6.07) is 10.0. The molecule has 33 heavy (non-hydrogen) atoms. The maximum absolute atomic E-state index is 12.8. The van der Waals surface area contributed by atoms with E-state index in [1.165, 1.54) is 28.8 Å². The minimum Gasteiger partial charge on any atom is -0.490 e. The molecule has 1 amide bonds. The molecule has 0 spiro atoms. The van der Waals surface area contributed by atoms with Gasteiger partial charge >= 0.3 is 5.97 Å². The largest absolute Gasteiger partial charge is 0.490 e. The standard InChI is InChI=1S/C24H25BrN2O5S/c1-5-31-19-10-15(9-18(25)21(19)32-13-14(2)3)11-20-22(28)27(4)24(33-20)26-17-8-6-7-16(12-17)23(29)30/h6-12,14H,5,13H2,1-4H3,(H,29,30)/b20-11+,26-24?. The van der Waals surface area contributed by atoms with E-state index in [0.29, 0.717) is 46.4 Å². The molecular weight excluding hydrogens is 508 g/mol. The third-order valence-electron chi connectivity index (χ3n) is 4.51. The van der Waals surface area contributed by atoms with Crippen LogP contribution in [-0.2, 0) is 4.79 Å². The summed E-state index contributed by atoms with van der Waals surface area (Å²) in [6.07, 6.45) is 1.78. The summed E-state index contributed by atoms with van der Waals surface area (Å²) in [5.74, 6) is 0.378. The van der Waals surface area contributed by atoms with Gasteiger partial charge in [-0.1, -0.05) is 19.9 Å². The number of aliphatic imine (C=N–C) groups is 1. The molecular formula is C24H25BrN2O5S. The van der Waals surface area contributed by atoms with E-state index < -0.39 is 5.97 Å². The van der Waals surface area contributed by atoms with Crippen molar-refractivity contribution in [1.29, 1.82) is 0 Å². The Morgan fingerprint density at radius 1 is 1.27 bits per heavy atom. The topological polar surface area (TPSA) is 88.4 Å². The highest BCUT2D eigenvalue weighted by Crippen LogP contribution is 2.39. The number of likely N-dealkylation sites (N-methyl/N-ethyl adjacent to an activating group) is 1. The first-order valence-electron chi connectivity index (χ1n) is 10.4. The van der Waals surface area contributed by atoms with Crippen molar-refractivity contribution in [3.8, 4) is 11.5 Å². The van der Waals surface area contributed by atoms with E-state index in [2.05, 4.69) is 34.8 Å². The zero-order chi connectivity index (χ0) is 24.1. The van der Waals surface area contributed by atoms with Crippen LogP contribution in [0.4, 0.5) is 5.69 Å². The second-order valence-electron chi connectivity index (χ2n) is 7.69.